The van der Waals surface area contributed by atoms with Crippen molar-refractivity contribution in [1.82, 2.24) is 25.1 Å². The topological polar surface area (TPSA) is 99.0 Å². The fourth-order valence-electron chi connectivity index (χ4n) is 3.89. The van der Waals surface area contributed by atoms with Crippen LogP contribution in [-0.2, 0) is 6.54 Å². The smallest absolute Gasteiger partial charge is 0.415 e. The Bertz CT molecular complexity index is 1260. The SMILES string of the molecule is O=c1oc2cc(C3CCNCC3)ccc2n1Cc1ccc(-c2nnc(C(F)F)o2)cn1. The van der Waals surface area contributed by atoms with E-state index in [2.05, 4.69) is 26.6 Å². The maximum Gasteiger partial charge on any atom is 0.420 e. The van der Waals surface area contributed by atoms with Crippen molar-refractivity contribution in [2.75, 3.05) is 13.1 Å². The first kappa shape index (κ1) is 19.6. The Kier molecular flexibility index (Phi) is 5.06. The summed E-state index contributed by atoms with van der Waals surface area (Å²) in [4.78, 5) is 16.7. The Balaban J connectivity index is 1.38. The molecule has 1 aromatic carbocycles. The molecule has 1 fully saturated rings. The number of nitrogens with one attached hydrogen (secondary N) is 1. The van der Waals surface area contributed by atoms with E-state index < -0.39 is 18.1 Å². The van der Waals surface area contributed by atoms with Crippen molar-refractivity contribution < 1.29 is 17.6 Å². The molecule has 4 heterocycles. The average Bonchev–Trinajstić information content (AvgIpc) is 3.40. The molecule has 1 aliphatic heterocycles. The first-order chi connectivity index (χ1) is 15.1. The Hall–Kier alpha value is -3.40. The second kappa shape index (κ2) is 8.03. The van der Waals surface area contributed by atoms with Gasteiger partial charge in [-0.3, -0.25) is 9.55 Å². The van der Waals surface area contributed by atoms with Crippen LogP contribution >= 0.6 is 0 Å². The molecule has 8 nitrogen and oxygen atoms in total. The highest BCUT2D eigenvalue weighted by atomic mass is 19.3. The van der Waals surface area contributed by atoms with Crippen LogP contribution in [0, 0.1) is 0 Å². The maximum atomic E-state index is 12.6. The lowest BCUT2D eigenvalue weighted by Crippen LogP contribution is -2.26. The number of oxazole rings is 1. The summed E-state index contributed by atoms with van der Waals surface area (Å²) < 4.78 is 37.2. The Morgan fingerprint density at radius 2 is 1.97 bits per heavy atom. The highest BCUT2D eigenvalue weighted by Gasteiger charge is 2.19. The summed E-state index contributed by atoms with van der Waals surface area (Å²) in [5.74, 6) is -0.768. The number of benzene rings is 1. The van der Waals surface area contributed by atoms with Crippen molar-refractivity contribution in [3.8, 4) is 11.5 Å². The summed E-state index contributed by atoms with van der Waals surface area (Å²) in [5, 5.41) is 10.3. The summed E-state index contributed by atoms with van der Waals surface area (Å²) >= 11 is 0. The lowest BCUT2D eigenvalue weighted by Gasteiger charge is -2.22. The summed E-state index contributed by atoms with van der Waals surface area (Å²) in [6.07, 6.45) is 0.739. The van der Waals surface area contributed by atoms with Crippen molar-refractivity contribution in [3.63, 3.8) is 0 Å². The first-order valence-electron chi connectivity index (χ1n) is 9.99. The van der Waals surface area contributed by atoms with Gasteiger partial charge in [-0.2, -0.15) is 8.78 Å². The van der Waals surface area contributed by atoms with Gasteiger partial charge in [0.05, 0.1) is 23.3 Å². The molecule has 160 valence electrons. The van der Waals surface area contributed by atoms with Gasteiger partial charge in [0, 0.05) is 6.20 Å². The molecule has 10 heteroatoms. The van der Waals surface area contributed by atoms with E-state index in [0.717, 1.165) is 25.9 Å². The number of nitrogens with zero attached hydrogens (tertiary/aromatic N) is 4. The molecule has 5 rings (SSSR count). The van der Waals surface area contributed by atoms with Crippen molar-refractivity contribution in [2.24, 2.45) is 0 Å². The molecule has 0 atom stereocenters. The second-order valence-electron chi connectivity index (χ2n) is 7.49. The lowest BCUT2D eigenvalue weighted by atomic mass is 9.90. The molecule has 3 aromatic heterocycles. The van der Waals surface area contributed by atoms with E-state index >= 15 is 0 Å². The number of halogens is 2. The average molecular weight is 427 g/mol. The van der Waals surface area contributed by atoms with Gasteiger partial charge in [-0.05, 0) is 61.7 Å². The maximum absolute atomic E-state index is 12.6. The summed E-state index contributed by atoms with van der Waals surface area (Å²) in [7, 11) is 0. The van der Waals surface area contributed by atoms with Crippen LogP contribution in [0.5, 0.6) is 0 Å². The number of fused-ring (bicyclic) bond motifs is 1. The number of pyridine rings is 1. The quantitative estimate of drug-likeness (QED) is 0.520. The monoisotopic (exact) mass is 427 g/mol. The van der Waals surface area contributed by atoms with E-state index in [-0.39, 0.29) is 12.4 Å². The molecule has 0 bridgehead atoms. The van der Waals surface area contributed by atoms with E-state index in [9.17, 15) is 13.6 Å². The van der Waals surface area contributed by atoms with E-state index in [1.54, 1.807) is 12.1 Å². The predicted molar refractivity (Wildman–Crippen MR) is 107 cm³/mol. The fourth-order valence-corrected chi connectivity index (χ4v) is 3.89. The number of alkyl halides is 2. The molecule has 0 radical (unpaired) electrons. The highest BCUT2D eigenvalue weighted by molar-refractivity contribution is 5.74. The Morgan fingerprint density at radius 3 is 2.68 bits per heavy atom. The van der Waals surface area contributed by atoms with Crippen LogP contribution in [0.1, 0.15) is 42.3 Å². The fraction of sp³-hybridized carbons (Fsp3) is 0.333. The molecule has 31 heavy (non-hydrogen) atoms. The van der Waals surface area contributed by atoms with Crippen molar-refractivity contribution in [2.45, 2.75) is 31.7 Å². The number of piperidine rings is 1. The molecule has 0 aliphatic carbocycles. The molecular formula is C21H19F2N5O3. The predicted octanol–water partition coefficient (Wildman–Crippen LogP) is 3.49. The van der Waals surface area contributed by atoms with Gasteiger partial charge in [0.2, 0.25) is 5.89 Å². The largest absolute Gasteiger partial charge is 0.420 e. The number of rotatable bonds is 5. The van der Waals surface area contributed by atoms with Crippen LogP contribution in [0.15, 0.2) is 50.2 Å². The third kappa shape index (κ3) is 3.86. The lowest BCUT2D eigenvalue weighted by molar-refractivity contribution is 0.116. The third-order valence-electron chi connectivity index (χ3n) is 5.52. The molecule has 4 aromatic rings. The molecular weight excluding hydrogens is 408 g/mol. The Morgan fingerprint density at radius 1 is 1.13 bits per heavy atom. The second-order valence-corrected chi connectivity index (χ2v) is 7.49. The van der Waals surface area contributed by atoms with Crippen LogP contribution in [0.25, 0.3) is 22.6 Å². The van der Waals surface area contributed by atoms with Gasteiger partial charge in [0.15, 0.2) is 5.58 Å². The highest BCUT2D eigenvalue weighted by Crippen LogP contribution is 2.28. The van der Waals surface area contributed by atoms with Crippen LogP contribution in [0.2, 0.25) is 0 Å². The van der Waals surface area contributed by atoms with Crippen LogP contribution in [0.4, 0.5) is 8.78 Å². The zero-order valence-corrected chi connectivity index (χ0v) is 16.4. The van der Waals surface area contributed by atoms with E-state index in [1.807, 2.05) is 12.1 Å². The number of aromatic nitrogens is 4. The molecule has 0 amide bonds. The normalized spacial score (nSPS) is 15.2. The van der Waals surface area contributed by atoms with E-state index in [4.69, 9.17) is 8.83 Å². The van der Waals surface area contributed by atoms with E-state index in [1.165, 1.54) is 16.3 Å². The van der Waals surface area contributed by atoms with Gasteiger partial charge < -0.3 is 14.2 Å². The van der Waals surface area contributed by atoms with Gasteiger partial charge in [0.1, 0.15) is 0 Å². The van der Waals surface area contributed by atoms with Gasteiger partial charge >= 0.3 is 12.2 Å². The molecule has 1 aliphatic rings. The number of hydrogen-bond donors (Lipinski definition) is 1. The first-order valence-corrected chi connectivity index (χ1v) is 9.99. The summed E-state index contributed by atoms with van der Waals surface area (Å²) in [6, 6.07) is 9.23. The van der Waals surface area contributed by atoms with Crippen molar-refractivity contribution in [1.29, 1.82) is 0 Å². The van der Waals surface area contributed by atoms with Crippen LogP contribution < -0.4 is 11.1 Å². The van der Waals surface area contributed by atoms with E-state index in [0.29, 0.717) is 28.3 Å². The zero-order chi connectivity index (χ0) is 21.4. The molecule has 1 saturated heterocycles. The third-order valence-corrected chi connectivity index (χ3v) is 5.52. The molecule has 0 saturated carbocycles. The van der Waals surface area contributed by atoms with Crippen LogP contribution in [-0.4, -0.2) is 32.8 Å². The summed E-state index contributed by atoms with van der Waals surface area (Å²) in [6.45, 7) is 2.19. The van der Waals surface area contributed by atoms with Crippen LogP contribution in [0.3, 0.4) is 0 Å². The summed E-state index contributed by atoms with van der Waals surface area (Å²) in [5.41, 5.74) is 3.46. The minimum absolute atomic E-state index is 0.0364. The molecule has 1 N–H and O–H groups in total. The van der Waals surface area contributed by atoms with Crippen molar-refractivity contribution >= 4 is 11.1 Å². The van der Waals surface area contributed by atoms with Gasteiger partial charge in [0.25, 0.3) is 5.89 Å². The number of hydrogen-bond acceptors (Lipinski definition) is 7. The van der Waals surface area contributed by atoms with Gasteiger partial charge in [-0.25, -0.2) is 4.79 Å². The van der Waals surface area contributed by atoms with Gasteiger partial charge in [-0.1, -0.05) is 6.07 Å². The van der Waals surface area contributed by atoms with Crippen molar-refractivity contribution in [3.05, 3.63) is 64.2 Å². The standard InChI is InChI=1S/C21H19F2N5O3/c22-18(23)20-27-26-19(31-20)14-1-3-15(25-10-14)11-28-16-4-2-13(9-17(16)30-21(28)29)12-5-7-24-8-6-12/h1-4,9-10,12,18,24H,5-8,11H2. The van der Waals surface area contributed by atoms with Gasteiger partial charge in [-0.15, -0.1) is 10.2 Å². The molecule has 0 spiro atoms. The zero-order valence-electron chi connectivity index (χ0n) is 16.4. The minimum Gasteiger partial charge on any atom is -0.415 e. The molecule has 0 unspecified atom stereocenters. The minimum atomic E-state index is -2.83. The Labute approximate surface area is 174 Å².